The fraction of sp³-hybridized carbons (Fsp3) is 0.118. The summed E-state index contributed by atoms with van der Waals surface area (Å²) in [4.78, 5) is 12.1. The lowest BCUT2D eigenvalue weighted by Gasteiger charge is -2.08. The Kier molecular flexibility index (Phi) is 4.43. The normalized spacial score (nSPS) is 11.5. The number of nitrogens with one attached hydrogen (secondary N) is 1. The van der Waals surface area contributed by atoms with Crippen molar-refractivity contribution in [3.63, 3.8) is 0 Å². The van der Waals surface area contributed by atoms with Gasteiger partial charge in [-0.2, -0.15) is 0 Å². The van der Waals surface area contributed by atoms with Gasteiger partial charge in [0.15, 0.2) is 17.1 Å². The van der Waals surface area contributed by atoms with E-state index in [1.807, 2.05) is 36.4 Å². The van der Waals surface area contributed by atoms with Gasteiger partial charge in [-0.1, -0.05) is 18.3 Å². The smallest absolute Gasteiger partial charge is 0.178 e. The van der Waals surface area contributed by atoms with Crippen LogP contribution in [0.4, 0.5) is 0 Å². The summed E-state index contributed by atoms with van der Waals surface area (Å²) in [6, 6.07) is 9.29. The van der Waals surface area contributed by atoms with E-state index in [4.69, 9.17) is 27.4 Å². The van der Waals surface area contributed by atoms with Gasteiger partial charge in [0.25, 0.3) is 0 Å². The van der Waals surface area contributed by atoms with Gasteiger partial charge in [0, 0.05) is 6.20 Å². The minimum atomic E-state index is 0.240. The van der Waals surface area contributed by atoms with Crippen LogP contribution in [0.2, 0.25) is 0 Å². The lowest BCUT2D eigenvalue weighted by atomic mass is 10.1. The van der Waals surface area contributed by atoms with Crippen LogP contribution in [0.3, 0.4) is 0 Å². The van der Waals surface area contributed by atoms with Crippen LogP contribution < -0.4 is 15.2 Å². The van der Waals surface area contributed by atoms with Crippen LogP contribution in [0.5, 0.6) is 11.5 Å². The Morgan fingerprint density at radius 3 is 2.67 bits per heavy atom. The molecule has 0 atom stereocenters. The third-order valence-corrected chi connectivity index (χ3v) is 3.72. The Bertz CT molecular complexity index is 900. The number of imidazole rings is 1. The molecule has 0 spiro atoms. The first-order chi connectivity index (χ1) is 11.6. The van der Waals surface area contributed by atoms with Crippen molar-refractivity contribution in [2.45, 2.75) is 0 Å². The lowest BCUT2D eigenvalue weighted by Crippen LogP contribution is -2.11. The monoisotopic (exact) mass is 340 g/mol. The summed E-state index contributed by atoms with van der Waals surface area (Å²) in [5, 5.41) is 0. The summed E-state index contributed by atoms with van der Waals surface area (Å²) in [6.45, 7) is 0. The molecule has 0 saturated carbocycles. The molecule has 3 rings (SSSR count). The molecule has 0 aliphatic heterocycles. The maximum atomic E-state index is 5.89. The van der Waals surface area contributed by atoms with E-state index in [1.54, 1.807) is 20.4 Å². The van der Waals surface area contributed by atoms with Crippen molar-refractivity contribution in [3.8, 4) is 11.5 Å². The van der Waals surface area contributed by atoms with Crippen LogP contribution in [0.25, 0.3) is 22.8 Å². The fourth-order valence-corrected chi connectivity index (χ4v) is 2.49. The highest BCUT2D eigenvalue weighted by molar-refractivity contribution is 7.81. The number of thiocarbonyl (C=S) groups is 1. The summed E-state index contributed by atoms with van der Waals surface area (Å²) in [6.07, 6.45) is 3.54. The van der Waals surface area contributed by atoms with E-state index in [1.165, 1.54) is 0 Å². The Labute approximate surface area is 144 Å². The molecule has 24 heavy (non-hydrogen) atoms. The van der Waals surface area contributed by atoms with E-state index < -0.39 is 0 Å². The van der Waals surface area contributed by atoms with Gasteiger partial charge in [-0.3, -0.25) is 0 Å². The number of rotatable bonds is 5. The Hall–Kier alpha value is -2.93. The van der Waals surface area contributed by atoms with Gasteiger partial charge in [-0.25, -0.2) is 9.97 Å². The molecular weight excluding hydrogens is 324 g/mol. The average Bonchev–Trinajstić information content (AvgIpc) is 3.02. The summed E-state index contributed by atoms with van der Waals surface area (Å²) in [5.41, 5.74) is 8.81. The molecule has 0 aliphatic rings. The molecule has 7 heteroatoms. The van der Waals surface area contributed by atoms with Crippen molar-refractivity contribution in [1.82, 2.24) is 15.0 Å². The molecule has 2 aromatic heterocycles. The summed E-state index contributed by atoms with van der Waals surface area (Å²) in [7, 11) is 3.18. The zero-order valence-corrected chi connectivity index (χ0v) is 14.1. The van der Waals surface area contributed by atoms with Gasteiger partial charge in [0.2, 0.25) is 0 Å². The summed E-state index contributed by atoms with van der Waals surface area (Å²) in [5.74, 6) is 1.85. The van der Waals surface area contributed by atoms with Gasteiger partial charge in [-0.15, -0.1) is 0 Å². The molecular formula is C17H16N4O2S. The number of hydrogen-bond donors (Lipinski definition) is 2. The molecule has 122 valence electrons. The number of pyridine rings is 1. The Morgan fingerprint density at radius 2 is 2.00 bits per heavy atom. The average molecular weight is 340 g/mol. The second kappa shape index (κ2) is 6.67. The van der Waals surface area contributed by atoms with E-state index in [0.717, 1.165) is 11.1 Å². The Morgan fingerprint density at radius 1 is 1.21 bits per heavy atom. The third kappa shape index (κ3) is 3.07. The van der Waals surface area contributed by atoms with Gasteiger partial charge >= 0.3 is 0 Å². The number of aromatic amines is 1. The Balaban J connectivity index is 2.07. The van der Waals surface area contributed by atoms with Crippen LogP contribution in [0, 0.1) is 0 Å². The number of nitrogens with two attached hydrogens (primary N) is 1. The van der Waals surface area contributed by atoms with Crippen molar-refractivity contribution in [3.05, 3.63) is 47.9 Å². The maximum Gasteiger partial charge on any atom is 0.178 e. The number of aromatic nitrogens is 3. The van der Waals surface area contributed by atoms with Crippen molar-refractivity contribution >= 4 is 40.0 Å². The van der Waals surface area contributed by atoms with Crippen molar-refractivity contribution < 1.29 is 9.47 Å². The summed E-state index contributed by atoms with van der Waals surface area (Å²) < 4.78 is 10.6. The molecule has 2 heterocycles. The zero-order valence-electron chi connectivity index (χ0n) is 13.2. The third-order valence-electron chi connectivity index (χ3n) is 3.50. The molecule has 6 nitrogen and oxygen atoms in total. The number of nitrogens with zero attached hydrogens (tertiary/aromatic N) is 2. The minimum absolute atomic E-state index is 0.240. The van der Waals surface area contributed by atoms with Crippen LogP contribution >= 0.6 is 12.2 Å². The predicted molar refractivity (Wildman–Crippen MR) is 98.1 cm³/mol. The van der Waals surface area contributed by atoms with Crippen LogP contribution in [-0.4, -0.2) is 34.2 Å². The highest BCUT2D eigenvalue weighted by atomic mass is 32.1. The van der Waals surface area contributed by atoms with Crippen molar-refractivity contribution in [2.75, 3.05) is 14.2 Å². The topological polar surface area (TPSA) is 86.0 Å². The number of fused-ring (bicyclic) bond motifs is 1. The number of benzene rings is 1. The summed E-state index contributed by atoms with van der Waals surface area (Å²) >= 11 is 5.19. The molecule has 0 aliphatic carbocycles. The van der Waals surface area contributed by atoms with Crippen molar-refractivity contribution in [1.29, 1.82) is 0 Å². The largest absolute Gasteiger partial charge is 0.493 e. The predicted octanol–water partition coefficient (Wildman–Crippen LogP) is 2.80. The van der Waals surface area contributed by atoms with Crippen LogP contribution in [0.1, 0.15) is 11.4 Å². The van der Waals surface area contributed by atoms with Gasteiger partial charge < -0.3 is 20.2 Å². The maximum absolute atomic E-state index is 5.89. The van der Waals surface area contributed by atoms with E-state index in [2.05, 4.69) is 15.0 Å². The van der Waals surface area contributed by atoms with Gasteiger partial charge in [0.1, 0.15) is 10.8 Å². The SMILES string of the molecule is COc1ccc(/C=C(\C(N)=S)c2nc3ncccc3[nH]2)cc1OC. The molecule has 0 unspecified atom stereocenters. The first-order valence-electron chi connectivity index (χ1n) is 7.17. The quantitative estimate of drug-likeness (QED) is 0.549. The highest BCUT2D eigenvalue weighted by Gasteiger charge is 2.12. The van der Waals surface area contributed by atoms with E-state index in [9.17, 15) is 0 Å². The molecule has 0 fully saturated rings. The van der Waals surface area contributed by atoms with Crippen LogP contribution in [-0.2, 0) is 0 Å². The fourth-order valence-electron chi connectivity index (χ4n) is 2.34. The van der Waals surface area contributed by atoms with Gasteiger partial charge in [0.05, 0.1) is 25.3 Å². The van der Waals surface area contributed by atoms with Crippen LogP contribution in [0.15, 0.2) is 36.5 Å². The molecule has 1 aromatic carbocycles. The highest BCUT2D eigenvalue weighted by Crippen LogP contribution is 2.29. The number of H-pyrrole nitrogens is 1. The van der Waals surface area contributed by atoms with E-state index in [0.29, 0.717) is 28.5 Å². The standard InChI is InChI=1S/C17H16N4O2S/c1-22-13-6-5-10(9-14(13)23-2)8-11(15(18)24)16-20-12-4-3-7-19-17(12)21-16/h3-9H,1-2H3,(H2,18,24)(H,19,20,21)/b11-8+. The molecule has 3 aromatic rings. The molecule has 0 amide bonds. The van der Waals surface area contributed by atoms with E-state index in [-0.39, 0.29) is 4.99 Å². The number of hydrogen-bond acceptors (Lipinski definition) is 5. The first-order valence-corrected chi connectivity index (χ1v) is 7.58. The zero-order chi connectivity index (χ0) is 17.1. The lowest BCUT2D eigenvalue weighted by molar-refractivity contribution is 0.355. The van der Waals surface area contributed by atoms with E-state index >= 15 is 0 Å². The molecule has 0 saturated heterocycles. The number of ether oxygens (including phenoxy) is 2. The second-order valence-corrected chi connectivity index (χ2v) is 5.44. The molecule has 0 radical (unpaired) electrons. The second-order valence-electron chi connectivity index (χ2n) is 5.00. The van der Waals surface area contributed by atoms with Crippen molar-refractivity contribution in [2.24, 2.45) is 5.73 Å². The number of methoxy groups -OCH3 is 2. The first kappa shape index (κ1) is 15.9. The van der Waals surface area contributed by atoms with Gasteiger partial charge in [-0.05, 0) is 35.9 Å². The molecule has 0 bridgehead atoms. The minimum Gasteiger partial charge on any atom is -0.493 e. The molecule has 3 N–H and O–H groups in total.